The summed E-state index contributed by atoms with van der Waals surface area (Å²) in [5.74, 6) is -0.468. The highest BCUT2D eigenvalue weighted by Gasteiger charge is 2.47. The number of nitriles is 1. The minimum Gasteiger partial charge on any atom is -0.490 e. The van der Waals surface area contributed by atoms with Crippen LogP contribution < -0.4 is 25.2 Å². The first-order chi connectivity index (χ1) is 29.0. The van der Waals surface area contributed by atoms with Gasteiger partial charge >= 0.3 is 0 Å². The maximum atomic E-state index is 13.3. The molecule has 6 heterocycles. The van der Waals surface area contributed by atoms with Crippen LogP contribution in [0.2, 0.25) is 5.02 Å². The number of carbonyl (C=O) groups excluding carboxylic acids is 5. The molecule has 5 amide bonds. The van der Waals surface area contributed by atoms with Crippen LogP contribution >= 0.6 is 11.6 Å². The number of hydrogen-bond donors (Lipinski definition) is 2. The summed E-state index contributed by atoms with van der Waals surface area (Å²) in [6.07, 6.45) is 9.15. The normalized spacial score (nSPS) is 24.5. The highest BCUT2D eigenvalue weighted by atomic mass is 35.5. The van der Waals surface area contributed by atoms with Crippen molar-refractivity contribution in [3.63, 3.8) is 0 Å². The molecule has 0 bridgehead atoms. The van der Waals surface area contributed by atoms with E-state index in [9.17, 15) is 24.0 Å². The zero-order valence-corrected chi connectivity index (χ0v) is 34.0. The second-order valence-corrected chi connectivity index (χ2v) is 17.6. The first-order valence-electron chi connectivity index (χ1n) is 21.0. The van der Waals surface area contributed by atoms with Gasteiger partial charge in [-0.25, -0.2) is 4.98 Å². The molecule has 1 unspecified atom stereocenters. The number of anilines is 2. The standard InChI is InChI=1S/C43H47ClN10O6/c44-34-20-31(5-1-27(34)21-45)60-30-6-2-28(3-7-30)47-38(56)35-22-46-42(50-49-35)52-15-11-26(12-16-52)23-51-17-13-43(14-18-51)24-53(25-43)29-4-8-32-33(19-29)41(59)54(40(32)58)36-9-10-37(55)48-39(36)57/h1,4-5,8,19-20,22,26,28,30,36H,2-3,6-7,9-18,23-25H2,(H,47,56)(H,48,55,57). The van der Waals surface area contributed by atoms with Crippen LogP contribution in [0.15, 0.2) is 42.6 Å². The minimum atomic E-state index is -0.969. The molecule has 5 fully saturated rings. The molecule has 2 N–H and O–H groups in total. The zero-order chi connectivity index (χ0) is 41.5. The number of piperidine rings is 3. The van der Waals surface area contributed by atoms with Gasteiger partial charge in [0.05, 0.1) is 34.0 Å². The van der Waals surface area contributed by atoms with Gasteiger partial charge in [0.2, 0.25) is 17.8 Å². The monoisotopic (exact) mass is 834 g/mol. The highest BCUT2D eigenvalue weighted by molar-refractivity contribution is 6.31. The van der Waals surface area contributed by atoms with E-state index in [1.165, 1.54) is 6.20 Å². The Labute approximate surface area is 352 Å². The number of rotatable bonds is 9. The molecule has 60 heavy (non-hydrogen) atoms. The number of fused-ring (bicyclic) bond motifs is 1. The molecule has 3 aromatic rings. The van der Waals surface area contributed by atoms with Crippen LogP contribution in [-0.4, -0.2) is 119 Å². The lowest BCUT2D eigenvalue weighted by molar-refractivity contribution is -0.136. The molecule has 4 saturated heterocycles. The number of amides is 5. The number of imide groups is 2. The van der Waals surface area contributed by atoms with Crippen LogP contribution in [0.5, 0.6) is 5.75 Å². The quantitative estimate of drug-likeness (QED) is 0.297. The average Bonchev–Trinajstić information content (AvgIpc) is 3.49. The van der Waals surface area contributed by atoms with E-state index in [-0.39, 0.29) is 42.0 Å². The summed E-state index contributed by atoms with van der Waals surface area (Å²) in [6.45, 7) is 6.64. The third-order valence-corrected chi connectivity index (χ3v) is 13.6. The van der Waals surface area contributed by atoms with E-state index in [4.69, 9.17) is 21.6 Å². The van der Waals surface area contributed by atoms with Gasteiger partial charge in [-0.15, -0.1) is 10.2 Å². The van der Waals surface area contributed by atoms with Crippen LogP contribution in [-0.2, 0) is 9.59 Å². The highest BCUT2D eigenvalue weighted by Crippen LogP contribution is 2.44. The van der Waals surface area contributed by atoms with Crippen molar-refractivity contribution in [1.29, 1.82) is 5.26 Å². The van der Waals surface area contributed by atoms with E-state index >= 15 is 0 Å². The third-order valence-electron chi connectivity index (χ3n) is 13.3. The molecule has 16 nitrogen and oxygen atoms in total. The topological polar surface area (TPSA) is 194 Å². The van der Waals surface area contributed by atoms with E-state index in [1.54, 1.807) is 30.3 Å². The van der Waals surface area contributed by atoms with Crippen LogP contribution in [0.3, 0.4) is 0 Å². The maximum absolute atomic E-state index is 13.3. The molecule has 0 radical (unpaired) electrons. The molecule has 312 valence electrons. The Hall–Kier alpha value is -5.66. The third kappa shape index (κ3) is 8.00. The first-order valence-corrected chi connectivity index (χ1v) is 21.4. The number of aromatic nitrogens is 3. The molecule has 1 aromatic heterocycles. The lowest BCUT2D eigenvalue weighted by Crippen LogP contribution is -2.60. The smallest absolute Gasteiger partial charge is 0.273 e. The van der Waals surface area contributed by atoms with Crippen LogP contribution in [0.25, 0.3) is 0 Å². The Morgan fingerprint density at radius 2 is 1.65 bits per heavy atom. The van der Waals surface area contributed by atoms with E-state index in [0.717, 1.165) is 108 Å². The van der Waals surface area contributed by atoms with Crippen LogP contribution in [0.1, 0.15) is 101 Å². The molecule has 1 atom stereocenters. The molecule has 1 spiro atoms. The largest absolute Gasteiger partial charge is 0.490 e. The fourth-order valence-electron chi connectivity index (χ4n) is 9.76. The van der Waals surface area contributed by atoms with Gasteiger partial charge in [-0.05, 0) is 107 Å². The maximum Gasteiger partial charge on any atom is 0.273 e. The second kappa shape index (κ2) is 16.4. The Bertz CT molecular complexity index is 2230. The summed E-state index contributed by atoms with van der Waals surface area (Å²) in [5.41, 5.74) is 2.38. The van der Waals surface area contributed by atoms with Gasteiger partial charge in [-0.3, -0.25) is 34.2 Å². The average molecular weight is 835 g/mol. The molecule has 5 aliphatic heterocycles. The van der Waals surface area contributed by atoms with E-state index in [2.05, 4.69) is 46.6 Å². The fraction of sp³-hybridized carbons (Fsp3) is 0.512. The summed E-state index contributed by atoms with van der Waals surface area (Å²) in [7, 11) is 0. The van der Waals surface area contributed by atoms with E-state index in [0.29, 0.717) is 39.3 Å². The Morgan fingerprint density at radius 3 is 2.33 bits per heavy atom. The number of nitrogens with zero attached hydrogens (tertiary/aromatic N) is 8. The van der Waals surface area contributed by atoms with Gasteiger partial charge in [0.15, 0.2) is 5.69 Å². The summed E-state index contributed by atoms with van der Waals surface area (Å²) >= 11 is 6.15. The van der Waals surface area contributed by atoms with Gasteiger partial charge in [0.25, 0.3) is 17.7 Å². The summed E-state index contributed by atoms with van der Waals surface area (Å²) < 4.78 is 6.08. The molecule has 6 aliphatic rings. The molecule has 9 rings (SSSR count). The number of halogens is 1. The SMILES string of the molecule is N#Cc1ccc(OC2CCC(NC(=O)c3cnc(N4CCC(CN5CCC6(CC5)CN(c5ccc7c(c5)C(=O)N(C5CCC(=O)NC5=O)C7=O)C6)CC4)nn3)CC2)cc1Cl. The van der Waals surface area contributed by atoms with Crippen molar-refractivity contribution in [1.82, 2.24) is 35.6 Å². The van der Waals surface area contributed by atoms with Gasteiger partial charge < -0.3 is 24.8 Å². The molecule has 1 saturated carbocycles. The second-order valence-electron chi connectivity index (χ2n) is 17.2. The number of carbonyl (C=O) groups is 5. The van der Waals surface area contributed by atoms with Crippen molar-refractivity contribution in [2.45, 2.75) is 82.4 Å². The van der Waals surface area contributed by atoms with Crippen molar-refractivity contribution in [2.24, 2.45) is 11.3 Å². The minimum absolute atomic E-state index is 0.0109. The van der Waals surface area contributed by atoms with E-state index in [1.807, 2.05) is 6.07 Å². The molecular formula is C43H47ClN10O6. The summed E-state index contributed by atoms with van der Waals surface area (Å²) in [5, 5.41) is 23.3. The van der Waals surface area contributed by atoms with Crippen molar-refractivity contribution in [3.8, 4) is 11.8 Å². The van der Waals surface area contributed by atoms with Crippen molar-refractivity contribution < 1.29 is 28.7 Å². The van der Waals surface area contributed by atoms with Gasteiger partial charge in [0.1, 0.15) is 17.9 Å². The number of ether oxygens (including phenoxy) is 1. The molecule has 2 aromatic carbocycles. The number of benzene rings is 2. The van der Waals surface area contributed by atoms with E-state index < -0.39 is 29.7 Å². The van der Waals surface area contributed by atoms with Crippen LogP contribution in [0.4, 0.5) is 11.6 Å². The summed E-state index contributed by atoms with van der Waals surface area (Å²) in [4.78, 5) is 76.0. The fourth-order valence-corrected chi connectivity index (χ4v) is 9.98. The molecule has 1 aliphatic carbocycles. The lowest BCUT2D eigenvalue weighted by atomic mass is 9.71. The number of hydrogen-bond acceptors (Lipinski definition) is 13. The summed E-state index contributed by atoms with van der Waals surface area (Å²) in [6, 6.07) is 11.5. The van der Waals surface area contributed by atoms with Crippen molar-refractivity contribution in [3.05, 3.63) is 70.0 Å². The van der Waals surface area contributed by atoms with Gasteiger partial charge in [0, 0.05) is 62.4 Å². The Morgan fingerprint density at radius 1 is 0.900 bits per heavy atom. The van der Waals surface area contributed by atoms with Gasteiger partial charge in [-0.1, -0.05) is 11.6 Å². The number of likely N-dealkylation sites (tertiary alicyclic amines) is 1. The van der Waals surface area contributed by atoms with Crippen molar-refractivity contribution >= 4 is 52.8 Å². The first kappa shape index (κ1) is 39.8. The Kier molecular flexibility index (Phi) is 10.9. The molecular weight excluding hydrogens is 788 g/mol. The van der Waals surface area contributed by atoms with Crippen molar-refractivity contribution in [2.75, 3.05) is 55.6 Å². The predicted octanol–water partition coefficient (Wildman–Crippen LogP) is 3.74. The predicted molar refractivity (Wildman–Crippen MR) is 219 cm³/mol. The van der Waals surface area contributed by atoms with Gasteiger partial charge in [-0.2, -0.15) is 5.26 Å². The Balaban J connectivity index is 0.683. The zero-order valence-electron chi connectivity index (χ0n) is 33.3. The molecule has 17 heteroatoms. The van der Waals surface area contributed by atoms with Crippen LogP contribution in [0, 0.1) is 22.7 Å². The number of nitrogens with one attached hydrogen (secondary N) is 2. The lowest BCUT2D eigenvalue weighted by Gasteiger charge is -2.55.